The summed E-state index contributed by atoms with van der Waals surface area (Å²) in [6, 6.07) is 0.263. The van der Waals surface area contributed by atoms with Crippen LogP contribution in [0.15, 0.2) is 10.6 Å². The maximum absolute atomic E-state index is 6.02. The maximum Gasteiger partial charge on any atom is 0.233 e. The normalized spacial score (nSPS) is 23.6. The van der Waals surface area contributed by atoms with Crippen LogP contribution in [0.25, 0.3) is 0 Å². The van der Waals surface area contributed by atoms with Gasteiger partial charge in [-0.15, -0.1) is 21.5 Å². The van der Waals surface area contributed by atoms with E-state index >= 15 is 0 Å². The second-order valence-electron chi connectivity index (χ2n) is 6.45. The van der Waals surface area contributed by atoms with E-state index in [0.29, 0.717) is 5.92 Å². The number of hydrogen-bond acceptors (Lipinski definition) is 6. The summed E-state index contributed by atoms with van der Waals surface area (Å²) >= 11 is 1.78. The van der Waals surface area contributed by atoms with Crippen LogP contribution in [0.2, 0.25) is 0 Å². The third-order valence-electron chi connectivity index (χ3n) is 4.82. The first-order chi connectivity index (χ1) is 10.8. The highest BCUT2D eigenvalue weighted by atomic mass is 32.1. The van der Waals surface area contributed by atoms with Gasteiger partial charge in [0, 0.05) is 17.0 Å². The van der Waals surface area contributed by atoms with Gasteiger partial charge in [-0.25, -0.2) is 4.98 Å². The first-order valence-electron chi connectivity index (χ1n) is 8.28. The average Bonchev–Trinajstić information content (AvgIpc) is 3.08. The van der Waals surface area contributed by atoms with Gasteiger partial charge in [-0.05, 0) is 39.2 Å². The van der Waals surface area contributed by atoms with Crippen LogP contribution >= 0.6 is 11.3 Å². The lowest BCUT2D eigenvalue weighted by Gasteiger charge is -2.32. The van der Waals surface area contributed by atoms with Gasteiger partial charge in [-0.3, -0.25) is 4.90 Å². The minimum atomic E-state index is 0.263. The lowest BCUT2D eigenvalue weighted by molar-refractivity contribution is 0.115. The summed E-state index contributed by atoms with van der Waals surface area (Å²) in [5.41, 5.74) is 0. The number of hydrogen-bond donors (Lipinski definition) is 0. The van der Waals surface area contributed by atoms with Crippen LogP contribution in [-0.4, -0.2) is 26.6 Å². The number of aryl methyl sites for hydroxylation is 1. The lowest BCUT2D eigenvalue weighted by Crippen LogP contribution is -2.33. The fraction of sp³-hybridized carbons (Fsp3) is 0.688. The Balaban J connectivity index is 1.50. The predicted octanol–water partition coefficient (Wildman–Crippen LogP) is 3.83. The molecule has 1 aliphatic heterocycles. The summed E-state index contributed by atoms with van der Waals surface area (Å²) in [6.45, 7) is 4.09. The Morgan fingerprint density at radius 2 is 2.05 bits per heavy atom. The molecule has 5 nitrogen and oxygen atoms in total. The van der Waals surface area contributed by atoms with E-state index in [2.05, 4.69) is 27.0 Å². The minimum absolute atomic E-state index is 0.263. The standard InChI is InChI=1S/C16H22N4OS/c1-11-9-17-14(22-11)10-20-8-3-2-7-13(20)16-19-18-15(21-16)12-5-4-6-12/h9,12-13H,2-8,10H2,1H3/t13-/m0/s1. The number of nitrogens with zero attached hydrogens (tertiary/aromatic N) is 4. The first-order valence-corrected chi connectivity index (χ1v) is 9.10. The van der Waals surface area contributed by atoms with Crippen LogP contribution < -0.4 is 0 Å². The third-order valence-corrected chi connectivity index (χ3v) is 5.71. The van der Waals surface area contributed by atoms with Crippen molar-refractivity contribution in [2.45, 2.75) is 64.0 Å². The average molecular weight is 318 g/mol. The van der Waals surface area contributed by atoms with Gasteiger partial charge in [0.2, 0.25) is 11.8 Å². The summed E-state index contributed by atoms with van der Waals surface area (Å²) in [6.07, 6.45) is 9.24. The summed E-state index contributed by atoms with van der Waals surface area (Å²) in [5.74, 6) is 2.19. The molecule has 1 atom stereocenters. The summed E-state index contributed by atoms with van der Waals surface area (Å²) < 4.78 is 6.02. The molecule has 0 aromatic carbocycles. The Bertz CT molecular complexity index is 634. The van der Waals surface area contributed by atoms with Gasteiger partial charge >= 0.3 is 0 Å². The molecule has 6 heteroatoms. The zero-order valence-corrected chi connectivity index (χ0v) is 13.8. The molecule has 0 unspecified atom stereocenters. The van der Waals surface area contributed by atoms with Crippen LogP contribution in [0.4, 0.5) is 0 Å². The second-order valence-corrected chi connectivity index (χ2v) is 7.77. The summed E-state index contributed by atoms with van der Waals surface area (Å²) in [7, 11) is 0. The zero-order valence-electron chi connectivity index (χ0n) is 13.0. The van der Waals surface area contributed by atoms with Crippen molar-refractivity contribution in [3.63, 3.8) is 0 Å². The quantitative estimate of drug-likeness (QED) is 0.857. The van der Waals surface area contributed by atoms with Crippen molar-refractivity contribution in [1.29, 1.82) is 0 Å². The van der Waals surface area contributed by atoms with Crippen molar-refractivity contribution in [2.75, 3.05) is 6.54 Å². The van der Waals surface area contributed by atoms with E-state index in [4.69, 9.17) is 4.42 Å². The van der Waals surface area contributed by atoms with Gasteiger partial charge in [0.15, 0.2) is 0 Å². The van der Waals surface area contributed by atoms with E-state index in [1.165, 1.54) is 42.0 Å². The number of rotatable bonds is 4. The molecule has 0 N–H and O–H groups in total. The Morgan fingerprint density at radius 3 is 2.77 bits per heavy atom. The van der Waals surface area contributed by atoms with Gasteiger partial charge in [-0.2, -0.15) is 0 Å². The maximum atomic E-state index is 6.02. The van der Waals surface area contributed by atoms with Gasteiger partial charge in [0.05, 0.1) is 12.6 Å². The van der Waals surface area contributed by atoms with Crippen LogP contribution in [-0.2, 0) is 6.54 Å². The Hall–Kier alpha value is -1.27. The Morgan fingerprint density at radius 1 is 1.18 bits per heavy atom. The molecule has 118 valence electrons. The lowest BCUT2D eigenvalue weighted by atomic mass is 9.85. The largest absolute Gasteiger partial charge is 0.423 e. The molecule has 0 amide bonds. The SMILES string of the molecule is Cc1cnc(CN2CCCC[C@H]2c2nnc(C3CCC3)o2)s1. The minimum Gasteiger partial charge on any atom is -0.423 e. The highest BCUT2D eigenvalue weighted by Crippen LogP contribution is 2.38. The topological polar surface area (TPSA) is 55.1 Å². The smallest absolute Gasteiger partial charge is 0.233 e. The van der Waals surface area contributed by atoms with Crippen molar-refractivity contribution in [3.05, 3.63) is 27.9 Å². The van der Waals surface area contributed by atoms with Gasteiger partial charge in [0.25, 0.3) is 0 Å². The van der Waals surface area contributed by atoms with Crippen molar-refractivity contribution in [3.8, 4) is 0 Å². The molecular formula is C16H22N4OS. The highest BCUT2D eigenvalue weighted by molar-refractivity contribution is 7.11. The van der Waals surface area contributed by atoms with E-state index in [-0.39, 0.29) is 6.04 Å². The van der Waals surface area contributed by atoms with Crippen molar-refractivity contribution in [1.82, 2.24) is 20.1 Å². The van der Waals surface area contributed by atoms with Gasteiger partial charge in [-0.1, -0.05) is 12.8 Å². The zero-order chi connectivity index (χ0) is 14.9. The van der Waals surface area contributed by atoms with Gasteiger partial charge in [0.1, 0.15) is 5.01 Å². The van der Waals surface area contributed by atoms with Crippen molar-refractivity contribution >= 4 is 11.3 Å². The Kier molecular flexibility index (Phi) is 3.96. The molecule has 4 rings (SSSR count). The van der Waals surface area contributed by atoms with Crippen molar-refractivity contribution in [2.24, 2.45) is 0 Å². The molecule has 2 aromatic rings. The molecule has 22 heavy (non-hydrogen) atoms. The molecule has 2 aromatic heterocycles. The van der Waals surface area contributed by atoms with E-state index in [1.807, 2.05) is 6.20 Å². The molecule has 1 aliphatic carbocycles. The molecule has 1 saturated carbocycles. The first kappa shape index (κ1) is 14.3. The highest BCUT2D eigenvalue weighted by Gasteiger charge is 2.31. The van der Waals surface area contributed by atoms with Crippen LogP contribution in [0.5, 0.6) is 0 Å². The monoisotopic (exact) mass is 318 g/mol. The fourth-order valence-electron chi connectivity index (χ4n) is 3.31. The van der Waals surface area contributed by atoms with Crippen molar-refractivity contribution < 1.29 is 4.42 Å². The predicted molar refractivity (Wildman–Crippen MR) is 84.7 cm³/mol. The van der Waals surface area contributed by atoms with E-state index in [9.17, 15) is 0 Å². The van der Waals surface area contributed by atoms with E-state index in [0.717, 1.165) is 31.3 Å². The molecule has 2 aliphatic rings. The number of likely N-dealkylation sites (tertiary alicyclic amines) is 1. The molecule has 1 saturated heterocycles. The molecule has 3 heterocycles. The number of piperidine rings is 1. The van der Waals surface area contributed by atoms with Crippen LogP contribution in [0, 0.1) is 6.92 Å². The molecule has 0 bridgehead atoms. The van der Waals surface area contributed by atoms with Gasteiger partial charge < -0.3 is 4.42 Å². The summed E-state index contributed by atoms with van der Waals surface area (Å²) in [4.78, 5) is 8.23. The summed E-state index contributed by atoms with van der Waals surface area (Å²) in [5, 5.41) is 9.85. The number of thiazole rings is 1. The number of aromatic nitrogens is 3. The molecule has 0 spiro atoms. The molecule has 0 radical (unpaired) electrons. The van der Waals surface area contributed by atoms with E-state index < -0.39 is 0 Å². The molecule has 2 fully saturated rings. The van der Waals surface area contributed by atoms with Crippen LogP contribution in [0.1, 0.15) is 72.2 Å². The van der Waals surface area contributed by atoms with Crippen LogP contribution in [0.3, 0.4) is 0 Å². The third kappa shape index (κ3) is 2.82. The van der Waals surface area contributed by atoms with E-state index in [1.54, 1.807) is 11.3 Å². The second kappa shape index (κ2) is 6.08. The Labute approximate surface area is 134 Å². The molecular weight excluding hydrogens is 296 g/mol. The fourth-order valence-corrected chi connectivity index (χ4v) is 4.12.